The first kappa shape index (κ1) is 22.3. The molecule has 0 bridgehead atoms. The number of ether oxygens (including phenoxy) is 2. The van der Waals surface area contributed by atoms with Gasteiger partial charge in [-0.3, -0.25) is 14.9 Å². The van der Waals surface area contributed by atoms with Gasteiger partial charge in [0.1, 0.15) is 0 Å². The van der Waals surface area contributed by atoms with Crippen molar-refractivity contribution in [2.75, 3.05) is 6.79 Å². The topological polar surface area (TPSA) is 121 Å². The average Bonchev–Trinajstić information content (AvgIpc) is 3.44. The van der Waals surface area contributed by atoms with E-state index in [1.165, 1.54) is 29.2 Å². The van der Waals surface area contributed by atoms with Crippen molar-refractivity contribution in [3.8, 4) is 23.0 Å². The lowest BCUT2D eigenvalue weighted by Gasteiger charge is -2.23. The summed E-state index contributed by atoms with van der Waals surface area (Å²) < 4.78 is 16.2. The second-order valence-corrected chi connectivity index (χ2v) is 7.80. The number of fused-ring (bicyclic) bond motifs is 1. The Labute approximate surface area is 193 Å². The molecule has 11 heteroatoms. The molecule has 2 heterocycles. The van der Waals surface area contributed by atoms with Crippen molar-refractivity contribution in [1.29, 1.82) is 0 Å². The normalized spacial score (nSPS) is 12.5. The fraction of sp³-hybridized carbons (Fsp3) is 0.227. The van der Waals surface area contributed by atoms with Crippen LogP contribution in [-0.2, 0) is 11.3 Å². The van der Waals surface area contributed by atoms with Crippen molar-refractivity contribution in [3.63, 3.8) is 0 Å². The molecule has 0 fully saturated rings. The van der Waals surface area contributed by atoms with E-state index in [4.69, 9.17) is 25.5 Å². The van der Waals surface area contributed by atoms with Crippen LogP contribution in [0.5, 0.6) is 11.5 Å². The number of amides is 1. The highest BCUT2D eigenvalue weighted by molar-refractivity contribution is 6.33. The smallest absolute Gasteiger partial charge is 0.280 e. The van der Waals surface area contributed by atoms with Gasteiger partial charge in [-0.1, -0.05) is 23.7 Å². The maximum atomic E-state index is 12.9. The molecule has 0 saturated carbocycles. The number of carbonyl (C=O) groups is 1. The summed E-state index contributed by atoms with van der Waals surface area (Å²) in [5.41, 5.74) is 0.621. The summed E-state index contributed by atoms with van der Waals surface area (Å²) in [6.45, 7) is 3.71. The molecular weight excluding hydrogens is 452 g/mol. The van der Waals surface area contributed by atoms with Crippen LogP contribution in [0.15, 0.2) is 46.9 Å². The maximum Gasteiger partial charge on any atom is 0.280 e. The zero-order chi connectivity index (χ0) is 23.5. The quantitative estimate of drug-likeness (QED) is 0.281. The Balaban J connectivity index is 1.54. The Morgan fingerprint density at radius 1 is 1.24 bits per heavy atom. The summed E-state index contributed by atoms with van der Waals surface area (Å²) in [5, 5.41) is 19.9. The van der Waals surface area contributed by atoms with Crippen molar-refractivity contribution in [2.45, 2.75) is 26.4 Å². The third-order valence-corrected chi connectivity index (χ3v) is 5.24. The Morgan fingerprint density at radius 3 is 2.67 bits per heavy atom. The van der Waals surface area contributed by atoms with E-state index in [2.05, 4.69) is 10.2 Å². The van der Waals surface area contributed by atoms with Gasteiger partial charge in [-0.25, -0.2) is 0 Å². The molecule has 0 aliphatic carbocycles. The van der Waals surface area contributed by atoms with E-state index in [-0.39, 0.29) is 48.3 Å². The molecule has 4 rings (SSSR count). The minimum atomic E-state index is -0.541. The van der Waals surface area contributed by atoms with Gasteiger partial charge in [-0.2, -0.15) is 0 Å². The molecule has 1 aliphatic rings. The number of benzene rings is 2. The van der Waals surface area contributed by atoms with E-state index in [1.807, 2.05) is 13.8 Å². The molecule has 3 aromatic rings. The number of nitrogens with zero attached hydrogens (tertiary/aromatic N) is 4. The Morgan fingerprint density at radius 2 is 1.97 bits per heavy atom. The molecule has 2 aromatic carbocycles. The molecular formula is C22H19ClN4O6. The number of halogens is 1. The van der Waals surface area contributed by atoms with E-state index in [0.717, 1.165) is 0 Å². The largest absolute Gasteiger partial charge is 0.454 e. The predicted octanol–water partition coefficient (Wildman–Crippen LogP) is 4.48. The number of hydrogen-bond donors (Lipinski definition) is 0. The van der Waals surface area contributed by atoms with E-state index in [1.54, 1.807) is 24.3 Å². The molecule has 0 atom stereocenters. The second-order valence-electron chi connectivity index (χ2n) is 7.40. The maximum absolute atomic E-state index is 12.9. The number of aromatic nitrogens is 2. The number of nitro benzene ring substituents is 1. The van der Waals surface area contributed by atoms with E-state index >= 15 is 0 Å². The molecule has 0 spiro atoms. The van der Waals surface area contributed by atoms with Crippen molar-refractivity contribution in [2.24, 2.45) is 0 Å². The number of rotatable bonds is 7. The van der Waals surface area contributed by atoms with Gasteiger partial charge in [0, 0.05) is 12.1 Å². The average molecular weight is 471 g/mol. The van der Waals surface area contributed by atoms with Crippen LogP contribution in [0.4, 0.5) is 5.69 Å². The highest BCUT2D eigenvalue weighted by Crippen LogP contribution is 2.38. The van der Waals surface area contributed by atoms with Crippen LogP contribution < -0.4 is 9.47 Å². The Bertz CT molecular complexity index is 1240. The van der Waals surface area contributed by atoms with Gasteiger partial charge in [0.05, 0.1) is 33.7 Å². The van der Waals surface area contributed by atoms with Gasteiger partial charge in [0.2, 0.25) is 24.5 Å². The first-order chi connectivity index (χ1) is 15.8. The lowest BCUT2D eigenvalue weighted by molar-refractivity contribution is -0.385. The zero-order valence-corrected chi connectivity index (χ0v) is 18.5. The molecule has 33 heavy (non-hydrogen) atoms. The lowest BCUT2D eigenvalue weighted by atomic mass is 10.1. The van der Waals surface area contributed by atoms with E-state index in [0.29, 0.717) is 22.1 Å². The number of hydrogen-bond acceptors (Lipinski definition) is 8. The highest BCUT2D eigenvalue weighted by atomic mass is 35.5. The molecule has 10 nitrogen and oxygen atoms in total. The zero-order valence-electron chi connectivity index (χ0n) is 17.7. The minimum Gasteiger partial charge on any atom is -0.454 e. The highest BCUT2D eigenvalue weighted by Gasteiger charge is 2.23. The summed E-state index contributed by atoms with van der Waals surface area (Å²) in [6.07, 6.45) is 2.64. The third kappa shape index (κ3) is 4.80. The standard InChI is InChI=1S/C22H19ClN4O6/c1-13(2)26(11-20-24-25-22(33-20)15-5-3-4-6-16(15)23)21(28)8-7-14-9-18-19(32-12-31-18)10-17(14)27(29)30/h3-10,13H,11-12H2,1-2H3/b8-7+. The van der Waals surface area contributed by atoms with Crippen LogP contribution in [0.2, 0.25) is 5.02 Å². The number of carbonyl (C=O) groups excluding carboxylic acids is 1. The van der Waals surface area contributed by atoms with Crippen LogP contribution in [0.3, 0.4) is 0 Å². The lowest BCUT2D eigenvalue weighted by Crippen LogP contribution is -2.35. The van der Waals surface area contributed by atoms with Gasteiger partial charge in [0.15, 0.2) is 11.5 Å². The summed E-state index contributed by atoms with van der Waals surface area (Å²) in [5.74, 6) is 0.772. The van der Waals surface area contributed by atoms with Crippen LogP contribution in [0.1, 0.15) is 25.3 Å². The summed E-state index contributed by atoms with van der Waals surface area (Å²) in [7, 11) is 0. The summed E-state index contributed by atoms with van der Waals surface area (Å²) >= 11 is 6.18. The van der Waals surface area contributed by atoms with Crippen LogP contribution in [-0.4, -0.2) is 38.8 Å². The SMILES string of the molecule is CC(C)N(Cc1nnc(-c2ccccc2Cl)o1)C(=O)/C=C/c1cc2c(cc1[N+](=O)[O-])OCO2. The minimum absolute atomic E-state index is 0.0138. The third-order valence-electron chi connectivity index (χ3n) is 4.91. The molecule has 1 aromatic heterocycles. The van der Waals surface area contributed by atoms with Crippen LogP contribution in [0, 0.1) is 10.1 Å². The Hall–Kier alpha value is -3.92. The fourth-order valence-electron chi connectivity index (χ4n) is 3.22. The second kappa shape index (κ2) is 9.29. The summed E-state index contributed by atoms with van der Waals surface area (Å²) in [4.78, 5) is 25.3. The molecule has 1 aliphatic heterocycles. The first-order valence-electron chi connectivity index (χ1n) is 9.97. The van der Waals surface area contributed by atoms with Crippen molar-refractivity contribution >= 4 is 29.3 Å². The van der Waals surface area contributed by atoms with Gasteiger partial charge in [-0.15, -0.1) is 10.2 Å². The predicted molar refractivity (Wildman–Crippen MR) is 119 cm³/mol. The molecule has 170 valence electrons. The van der Waals surface area contributed by atoms with E-state index < -0.39 is 4.92 Å². The van der Waals surface area contributed by atoms with Gasteiger partial charge < -0.3 is 18.8 Å². The monoisotopic (exact) mass is 470 g/mol. The summed E-state index contributed by atoms with van der Waals surface area (Å²) in [6, 6.07) is 9.61. The molecule has 0 saturated heterocycles. The van der Waals surface area contributed by atoms with Gasteiger partial charge in [-0.05, 0) is 38.1 Å². The van der Waals surface area contributed by atoms with Gasteiger partial charge >= 0.3 is 0 Å². The molecule has 0 unspecified atom stereocenters. The van der Waals surface area contributed by atoms with Crippen LogP contribution >= 0.6 is 11.6 Å². The molecule has 1 amide bonds. The van der Waals surface area contributed by atoms with Gasteiger partial charge in [0.25, 0.3) is 5.69 Å². The van der Waals surface area contributed by atoms with Crippen molar-refractivity contribution < 1.29 is 23.6 Å². The van der Waals surface area contributed by atoms with Crippen LogP contribution in [0.25, 0.3) is 17.5 Å². The number of nitro groups is 1. The van der Waals surface area contributed by atoms with E-state index in [9.17, 15) is 14.9 Å². The Kier molecular flexibility index (Phi) is 6.27. The van der Waals surface area contributed by atoms with Crippen molar-refractivity contribution in [3.05, 3.63) is 69.1 Å². The molecule has 0 radical (unpaired) electrons. The molecule has 0 N–H and O–H groups in total. The van der Waals surface area contributed by atoms with Crippen molar-refractivity contribution in [1.82, 2.24) is 15.1 Å². The first-order valence-corrected chi connectivity index (χ1v) is 10.3. The fourth-order valence-corrected chi connectivity index (χ4v) is 3.43.